The first-order chi connectivity index (χ1) is 14.3. The Hall–Kier alpha value is -2.10. The van der Waals surface area contributed by atoms with Crippen molar-refractivity contribution in [2.75, 3.05) is 38.4 Å². The standard InChI is InChI=1S/C21H30N4O4S/c1-12(2)9-14-13(5-6-16(24-29)18(14)30-4)15-10-17(26)21(19(15)27)11-23-7-8-25(21)20(28)22-3/h5-6,12,15,23-24,29H,7-11H2,1-4H3,(H,22,28)/t15?,21-/m1/s1. The molecule has 1 saturated heterocycles. The van der Waals surface area contributed by atoms with E-state index in [0.717, 1.165) is 16.0 Å². The smallest absolute Gasteiger partial charge is 0.318 e. The fourth-order valence-corrected chi connectivity index (χ4v) is 5.44. The van der Waals surface area contributed by atoms with Crippen LogP contribution in [0.3, 0.4) is 0 Å². The lowest BCUT2D eigenvalue weighted by molar-refractivity contribution is -0.137. The summed E-state index contributed by atoms with van der Waals surface area (Å²) >= 11 is 1.49. The number of anilines is 1. The molecule has 1 unspecified atom stereocenters. The van der Waals surface area contributed by atoms with Crippen LogP contribution < -0.4 is 16.1 Å². The van der Waals surface area contributed by atoms with Gasteiger partial charge in [0.05, 0.1) is 11.6 Å². The van der Waals surface area contributed by atoms with Gasteiger partial charge in [-0.3, -0.25) is 20.3 Å². The zero-order valence-corrected chi connectivity index (χ0v) is 18.7. The summed E-state index contributed by atoms with van der Waals surface area (Å²) < 4.78 is 0. The van der Waals surface area contributed by atoms with Crippen molar-refractivity contribution in [1.29, 1.82) is 0 Å². The molecule has 1 spiro atoms. The van der Waals surface area contributed by atoms with E-state index in [0.29, 0.717) is 31.1 Å². The molecule has 1 aliphatic carbocycles. The van der Waals surface area contributed by atoms with Crippen LogP contribution in [-0.4, -0.2) is 66.2 Å². The van der Waals surface area contributed by atoms with Crippen molar-refractivity contribution in [1.82, 2.24) is 15.5 Å². The minimum absolute atomic E-state index is 0.0683. The van der Waals surface area contributed by atoms with Crippen LogP contribution in [0, 0.1) is 5.92 Å². The van der Waals surface area contributed by atoms with E-state index in [9.17, 15) is 19.6 Å². The highest BCUT2D eigenvalue weighted by atomic mass is 32.2. The van der Waals surface area contributed by atoms with Gasteiger partial charge in [-0.1, -0.05) is 19.9 Å². The van der Waals surface area contributed by atoms with Crippen molar-refractivity contribution in [2.45, 2.75) is 43.0 Å². The fraction of sp³-hybridized carbons (Fsp3) is 0.571. The van der Waals surface area contributed by atoms with Gasteiger partial charge in [-0.05, 0) is 35.8 Å². The number of rotatable bonds is 5. The van der Waals surface area contributed by atoms with Crippen LogP contribution in [0.2, 0.25) is 0 Å². The molecule has 1 saturated carbocycles. The van der Waals surface area contributed by atoms with Crippen LogP contribution in [0.1, 0.15) is 37.3 Å². The zero-order chi connectivity index (χ0) is 22.1. The number of ketones is 2. The lowest BCUT2D eigenvalue weighted by Gasteiger charge is -2.42. The van der Waals surface area contributed by atoms with Gasteiger partial charge >= 0.3 is 6.03 Å². The molecule has 1 aromatic rings. The van der Waals surface area contributed by atoms with E-state index in [1.807, 2.05) is 12.3 Å². The number of piperazine rings is 1. The molecule has 1 heterocycles. The third kappa shape index (κ3) is 3.59. The Morgan fingerprint density at radius 3 is 2.73 bits per heavy atom. The molecule has 0 bridgehead atoms. The Balaban J connectivity index is 2.11. The van der Waals surface area contributed by atoms with E-state index in [1.165, 1.54) is 23.7 Å². The number of hydrogen-bond donors (Lipinski definition) is 4. The lowest BCUT2D eigenvalue weighted by Crippen LogP contribution is -2.69. The van der Waals surface area contributed by atoms with E-state index in [2.05, 4.69) is 30.0 Å². The third-order valence-corrected chi connectivity index (χ3v) is 6.87. The van der Waals surface area contributed by atoms with Gasteiger partial charge < -0.3 is 15.5 Å². The van der Waals surface area contributed by atoms with Crippen molar-refractivity contribution in [3.63, 3.8) is 0 Å². The molecule has 3 rings (SSSR count). The number of carbonyl (C=O) groups excluding carboxylic acids is 3. The Labute approximate surface area is 181 Å². The average Bonchev–Trinajstić information content (AvgIpc) is 2.98. The first-order valence-electron chi connectivity index (χ1n) is 10.2. The topological polar surface area (TPSA) is 111 Å². The molecular weight excluding hydrogens is 404 g/mol. The van der Waals surface area contributed by atoms with Crippen LogP contribution in [0.5, 0.6) is 0 Å². The Kier molecular flexibility index (Phi) is 6.74. The molecule has 0 radical (unpaired) electrons. The minimum Gasteiger partial charge on any atom is -0.341 e. The Bertz CT molecular complexity index is 860. The molecule has 2 atom stereocenters. The second kappa shape index (κ2) is 8.95. The van der Waals surface area contributed by atoms with E-state index in [1.54, 1.807) is 6.07 Å². The molecule has 1 aromatic carbocycles. The van der Waals surface area contributed by atoms with Crippen molar-refractivity contribution in [3.05, 3.63) is 23.3 Å². The van der Waals surface area contributed by atoms with Crippen molar-refractivity contribution in [3.8, 4) is 0 Å². The number of amides is 2. The number of hydrogen-bond acceptors (Lipinski definition) is 7. The van der Waals surface area contributed by atoms with Gasteiger partial charge in [0.25, 0.3) is 0 Å². The third-order valence-electron chi connectivity index (χ3n) is 6.00. The molecule has 2 fully saturated rings. The second-order valence-electron chi connectivity index (χ2n) is 8.21. The van der Waals surface area contributed by atoms with Crippen molar-refractivity contribution >= 4 is 35.0 Å². The number of urea groups is 1. The molecule has 30 heavy (non-hydrogen) atoms. The summed E-state index contributed by atoms with van der Waals surface area (Å²) in [5.41, 5.74) is 3.13. The Morgan fingerprint density at radius 1 is 1.40 bits per heavy atom. The van der Waals surface area contributed by atoms with Crippen LogP contribution in [0.25, 0.3) is 0 Å². The van der Waals surface area contributed by atoms with Crippen molar-refractivity contribution < 1.29 is 19.6 Å². The normalized spacial score (nSPS) is 24.1. The fourth-order valence-electron chi connectivity index (χ4n) is 4.66. The number of carbonyl (C=O) groups is 3. The number of nitrogens with one attached hydrogen (secondary N) is 3. The van der Waals surface area contributed by atoms with Gasteiger partial charge in [-0.2, -0.15) is 0 Å². The molecular formula is C21H30N4O4S. The van der Waals surface area contributed by atoms with Crippen molar-refractivity contribution in [2.24, 2.45) is 5.92 Å². The summed E-state index contributed by atoms with van der Waals surface area (Å²) in [7, 11) is 1.51. The van der Waals surface area contributed by atoms with Crippen LogP contribution in [0.4, 0.5) is 10.5 Å². The van der Waals surface area contributed by atoms with Crippen LogP contribution in [0.15, 0.2) is 17.0 Å². The van der Waals surface area contributed by atoms with Crippen LogP contribution in [-0.2, 0) is 16.0 Å². The maximum Gasteiger partial charge on any atom is 0.318 e. The highest BCUT2D eigenvalue weighted by Gasteiger charge is 2.60. The first kappa shape index (κ1) is 22.6. The molecule has 0 aromatic heterocycles. The minimum atomic E-state index is -1.47. The summed E-state index contributed by atoms with van der Waals surface area (Å²) in [5.74, 6) is -0.746. The number of Topliss-reactive ketones (excluding diaryl/α,β-unsaturated/α-hetero) is 2. The zero-order valence-electron chi connectivity index (χ0n) is 17.9. The number of thioether (sulfide) groups is 1. The highest BCUT2D eigenvalue weighted by molar-refractivity contribution is 7.98. The van der Waals surface area contributed by atoms with Gasteiger partial charge in [-0.15, -0.1) is 11.8 Å². The molecule has 164 valence electrons. The summed E-state index contributed by atoms with van der Waals surface area (Å²) in [6.45, 7) is 5.15. The van der Waals surface area contributed by atoms with Gasteiger partial charge in [0.2, 0.25) is 0 Å². The number of benzene rings is 1. The largest absolute Gasteiger partial charge is 0.341 e. The highest BCUT2D eigenvalue weighted by Crippen LogP contribution is 2.44. The maximum absolute atomic E-state index is 13.8. The Morgan fingerprint density at radius 2 is 2.13 bits per heavy atom. The quantitative estimate of drug-likeness (QED) is 0.319. The molecule has 9 heteroatoms. The SMILES string of the molecule is CNC(=O)N1CCNC[C@]12C(=O)CC(c1ccc(NO)c(SC)c1CC(C)C)C2=O. The maximum atomic E-state index is 13.8. The summed E-state index contributed by atoms with van der Waals surface area (Å²) in [6, 6.07) is 3.15. The van der Waals surface area contributed by atoms with E-state index >= 15 is 0 Å². The van der Waals surface area contributed by atoms with Gasteiger partial charge in [-0.25, -0.2) is 4.79 Å². The van der Waals surface area contributed by atoms with E-state index < -0.39 is 17.5 Å². The first-order valence-corrected chi connectivity index (χ1v) is 11.4. The van der Waals surface area contributed by atoms with Gasteiger partial charge in [0.1, 0.15) is 0 Å². The molecule has 2 amide bonds. The average molecular weight is 435 g/mol. The lowest BCUT2D eigenvalue weighted by atomic mass is 9.84. The molecule has 8 nitrogen and oxygen atoms in total. The summed E-state index contributed by atoms with van der Waals surface area (Å²) in [4.78, 5) is 41.8. The summed E-state index contributed by atoms with van der Waals surface area (Å²) in [6.07, 6.45) is 2.70. The van der Waals surface area contributed by atoms with E-state index in [4.69, 9.17) is 0 Å². The monoisotopic (exact) mass is 434 g/mol. The summed E-state index contributed by atoms with van der Waals surface area (Å²) in [5, 5.41) is 15.2. The predicted octanol–water partition coefficient (Wildman–Crippen LogP) is 2.02. The number of nitrogens with zero attached hydrogens (tertiary/aromatic N) is 1. The molecule has 4 N–H and O–H groups in total. The van der Waals surface area contributed by atoms with E-state index in [-0.39, 0.29) is 24.5 Å². The molecule has 1 aliphatic heterocycles. The van der Waals surface area contributed by atoms with Gasteiger partial charge in [0, 0.05) is 38.0 Å². The van der Waals surface area contributed by atoms with Crippen LogP contribution >= 0.6 is 11.8 Å². The van der Waals surface area contributed by atoms with Gasteiger partial charge in [0.15, 0.2) is 17.1 Å². The predicted molar refractivity (Wildman–Crippen MR) is 116 cm³/mol. The molecule has 2 aliphatic rings. The second-order valence-corrected chi connectivity index (χ2v) is 9.03.